The van der Waals surface area contributed by atoms with E-state index in [-0.39, 0.29) is 6.09 Å². The predicted octanol–water partition coefficient (Wildman–Crippen LogP) is 2.24. The van der Waals surface area contributed by atoms with E-state index in [0.29, 0.717) is 13.2 Å². The predicted molar refractivity (Wildman–Crippen MR) is 55.0 cm³/mol. The summed E-state index contributed by atoms with van der Waals surface area (Å²) >= 11 is 0. The monoisotopic (exact) mass is 193 g/mol. The molecule has 0 spiro atoms. The molecular formula is C11H15NO2. The maximum absolute atomic E-state index is 11.0. The number of nitrogens with one attached hydrogen (secondary N) is 1. The van der Waals surface area contributed by atoms with E-state index < -0.39 is 0 Å². The summed E-state index contributed by atoms with van der Waals surface area (Å²) < 4.78 is 5.00. The maximum Gasteiger partial charge on any atom is 0.407 e. The standard InChI is InChI=1S/C11H15NO2/c1-3-12-11(13)14-8-10-7-5-4-6-9(10)2/h4-7H,3,8H2,1-2H3,(H,12,13). The third kappa shape index (κ3) is 3.09. The Morgan fingerprint density at radius 2 is 2.14 bits per heavy atom. The van der Waals surface area contributed by atoms with Gasteiger partial charge in [-0.15, -0.1) is 0 Å². The molecule has 0 aliphatic rings. The largest absolute Gasteiger partial charge is 0.445 e. The second kappa shape index (κ2) is 5.27. The molecule has 76 valence electrons. The topological polar surface area (TPSA) is 38.3 Å². The second-order valence-electron chi connectivity index (χ2n) is 3.03. The Hall–Kier alpha value is -1.51. The Morgan fingerprint density at radius 3 is 2.79 bits per heavy atom. The summed E-state index contributed by atoms with van der Waals surface area (Å²) in [6, 6.07) is 7.85. The highest BCUT2D eigenvalue weighted by Gasteiger charge is 2.01. The first-order valence-electron chi connectivity index (χ1n) is 4.69. The van der Waals surface area contributed by atoms with Gasteiger partial charge < -0.3 is 10.1 Å². The molecule has 1 amide bonds. The molecule has 14 heavy (non-hydrogen) atoms. The smallest absolute Gasteiger partial charge is 0.407 e. The van der Waals surface area contributed by atoms with Crippen LogP contribution in [0.3, 0.4) is 0 Å². The van der Waals surface area contributed by atoms with Gasteiger partial charge in [-0.25, -0.2) is 4.79 Å². The number of ether oxygens (including phenoxy) is 1. The summed E-state index contributed by atoms with van der Waals surface area (Å²) in [5.74, 6) is 0. The van der Waals surface area contributed by atoms with Gasteiger partial charge in [0.15, 0.2) is 0 Å². The van der Waals surface area contributed by atoms with Crippen molar-refractivity contribution in [3.8, 4) is 0 Å². The number of carbonyl (C=O) groups is 1. The van der Waals surface area contributed by atoms with Crippen LogP contribution < -0.4 is 5.32 Å². The van der Waals surface area contributed by atoms with Crippen molar-refractivity contribution in [1.82, 2.24) is 5.32 Å². The van der Waals surface area contributed by atoms with Crippen molar-refractivity contribution in [2.24, 2.45) is 0 Å². The SMILES string of the molecule is CCNC(=O)OCc1ccccc1C. The molecule has 3 nitrogen and oxygen atoms in total. The summed E-state index contributed by atoms with van der Waals surface area (Å²) in [5.41, 5.74) is 2.18. The van der Waals surface area contributed by atoms with Crippen molar-refractivity contribution in [2.45, 2.75) is 20.5 Å². The highest BCUT2D eigenvalue weighted by molar-refractivity contribution is 5.67. The number of rotatable bonds is 3. The number of hydrogen-bond donors (Lipinski definition) is 1. The van der Waals surface area contributed by atoms with E-state index in [2.05, 4.69) is 5.32 Å². The van der Waals surface area contributed by atoms with Crippen LogP contribution in [-0.2, 0) is 11.3 Å². The van der Waals surface area contributed by atoms with Gasteiger partial charge in [-0.05, 0) is 25.0 Å². The first-order chi connectivity index (χ1) is 6.74. The second-order valence-corrected chi connectivity index (χ2v) is 3.03. The molecule has 0 bridgehead atoms. The summed E-state index contributed by atoms with van der Waals surface area (Å²) in [6.07, 6.45) is -0.365. The fourth-order valence-electron chi connectivity index (χ4n) is 1.11. The molecule has 0 aliphatic carbocycles. The molecule has 0 radical (unpaired) electrons. The van der Waals surface area contributed by atoms with Gasteiger partial charge in [0.2, 0.25) is 0 Å². The van der Waals surface area contributed by atoms with E-state index in [1.807, 2.05) is 38.1 Å². The van der Waals surface area contributed by atoms with Gasteiger partial charge in [-0.2, -0.15) is 0 Å². The van der Waals surface area contributed by atoms with Crippen LogP contribution in [0.5, 0.6) is 0 Å². The van der Waals surface area contributed by atoms with Crippen LogP contribution >= 0.6 is 0 Å². The van der Waals surface area contributed by atoms with Crippen molar-refractivity contribution in [2.75, 3.05) is 6.54 Å². The zero-order valence-corrected chi connectivity index (χ0v) is 8.54. The Bertz CT molecular complexity index is 310. The molecule has 1 aromatic carbocycles. The van der Waals surface area contributed by atoms with Crippen LogP contribution in [0.25, 0.3) is 0 Å². The van der Waals surface area contributed by atoms with Gasteiger partial charge in [0.05, 0.1) is 0 Å². The van der Waals surface area contributed by atoms with Crippen LogP contribution in [0.4, 0.5) is 4.79 Å². The number of benzene rings is 1. The lowest BCUT2D eigenvalue weighted by Crippen LogP contribution is -2.23. The molecule has 0 aromatic heterocycles. The molecule has 0 fully saturated rings. The maximum atomic E-state index is 11.0. The minimum Gasteiger partial charge on any atom is -0.445 e. The minimum absolute atomic E-state index is 0.332. The third-order valence-corrected chi connectivity index (χ3v) is 1.94. The molecular weight excluding hydrogens is 178 g/mol. The lowest BCUT2D eigenvalue weighted by atomic mass is 10.1. The van der Waals surface area contributed by atoms with Crippen LogP contribution in [0.2, 0.25) is 0 Å². The van der Waals surface area contributed by atoms with Crippen LogP contribution in [0, 0.1) is 6.92 Å². The number of alkyl carbamates (subject to hydrolysis) is 1. The molecule has 0 saturated heterocycles. The first kappa shape index (κ1) is 10.6. The molecule has 0 unspecified atom stereocenters. The van der Waals surface area contributed by atoms with Crippen molar-refractivity contribution >= 4 is 6.09 Å². The van der Waals surface area contributed by atoms with Gasteiger partial charge >= 0.3 is 6.09 Å². The Kier molecular flexibility index (Phi) is 3.98. The zero-order chi connectivity index (χ0) is 10.4. The number of amides is 1. The molecule has 3 heteroatoms. The lowest BCUT2D eigenvalue weighted by molar-refractivity contribution is 0.140. The molecule has 0 aliphatic heterocycles. The normalized spacial score (nSPS) is 9.57. The lowest BCUT2D eigenvalue weighted by Gasteiger charge is -2.07. The number of hydrogen-bond acceptors (Lipinski definition) is 2. The summed E-state index contributed by atoms with van der Waals surface area (Å²) in [5, 5.41) is 2.57. The highest BCUT2D eigenvalue weighted by atomic mass is 16.5. The quantitative estimate of drug-likeness (QED) is 0.799. The average Bonchev–Trinajstić information content (AvgIpc) is 2.17. The van der Waals surface area contributed by atoms with Crippen LogP contribution in [-0.4, -0.2) is 12.6 Å². The van der Waals surface area contributed by atoms with Crippen molar-refractivity contribution in [1.29, 1.82) is 0 Å². The highest BCUT2D eigenvalue weighted by Crippen LogP contribution is 2.07. The third-order valence-electron chi connectivity index (χ3n) is 1.94. The average molecular weight is 193 g/mol. The Balaban J connectivity index is 2.46. The van der Waals surface area contributed by atoms with Gasteiger partial charge in [-0.3, -0.25) is 0 Å². The van der Waals surface area contributed by atoms with Crippen molar-refractivity contribution in [3.05, 3.63) is 35.4 Å². The van der Waals surface area contributed by atoms with Gasteiger partial charge in [-0.1, -0.05) is 24.3 Å². The molecule has 1 rings (SSSR count). The van der Waals surface area contributed by atoms with Crippen molar-refractivity contribution in [3.63, 3.8) is 0 Å². The van der Waals surface area contributed by atoms with E-state index in [0.717, 1.165) is 11.1 Å². The Labute approximate surface area is 84.1 Å². The molecule has 0 saturated carbocycles. The van der Waals surface area contributed by atoms with E-state index >= 15 is 0 Å². The zero-order valence-electron chi connectivity index (χ0n) is 8.54. The van der Waals surface area contributed by atoms with E-state index in [4.69, 9.17) is 4.74 Å². The van der Waals surface area contributed by atoms with Gasteiger partial charge in [0.25, 0.3) is 0 Å². The van der Waals surface area contributed by atoms with Gasteiger partial charge in [0.1, 0.15) is 6.61 Å². The summed E-state index contributed by atoms with van der Waals surface area (Å²) in [6.45, 7) is 4.77. The first-order valence-corrected chi connectivity index (χ1v) is 4.69. The number of carbonyl (C=O) groups excluding carboxylic acids is 1. The molecule has 0 heterocycles. The van der Waals surface area contributed by atoms with E-state index in [9.17, 15) is 4.79 Å². The summed E-state index contributed by atoms with van der Waals surface area (Å²) in [4.78, 5) is 11.0. The van der Waals surface area contributed by atoms with Crippen LogP contribution in [0.1, 0.15) is 18.1 Å². The fourth-order valence-corrected chi connectivity index (χ4v) is 1.11. The fraction of sp³-hybridized carbons (Fsp3) is 0.364. The number of aryl methyl sites for hydroxylation is 1. The van der Waals surface area contributed by atoms with Crippen molar-refractivity contribution < 1.29 is 9.53 Å². The summed E-state index contributed by atoms with van der Waals surface area (Å²) in [7, 11) is 0. The molecule has 1 N–H and O–H groups in total. The Morgan fingerprint density at radius 1 is 1.43 bits per heavy atom. The van der Waals surface area contributed by atoms with Crippen LogP contribution in [0.15, 0.2) is 24.3 Å². The molecule has 1 aromatic rings. The van der Waals surface area contributed by atoms with E-state index in [1.165, 1.54) is 0 Å². The van der Waals surface area contributed by atoms with Gasteiger partial charge in [0, 0.05) is 6.54 Å². The van der Waals surface area contributed by atoms with E-state index in [1.54, 1.807) is 0 Å². The minimum atomic E-state index is -0.365. The molecule has 0 atom stereocenters.